The number of quaternary nitrogens is 1. The highest BCUT2D eigenvalue weighted by molar-refractivity contribution is 6.30. The van der Waals surface area contributed by atoms with E-state index in [1.807, 2.05) is 0 Å². The second kappa shape index (κ2) is 12.2. The van der Waals surface area contributed by atoms with Gasteiger partial charge >= 0.3 is 7.32 Å². The predicted octanol–water partition coefficient (Wildman–Crippen LogP) is -4.28. The van der Waals surface area contributed by atoms with E-state index in [2.05, 4.69) is 0 Å². The number of hydrogen-bond donors (Lipinski definition) is 7. The van der Waals surface area contributed by atoms with Crippen molar-refractivity contribution < 1.29 is 40.0 Å². The van der Waals surface area contributed by atoms with Crippen molar-refractivity contribution in [1.82, 2.24) is 0 Å². The minimum Gasteiger partial charge on any atom is -0.402 e. The van der Waals surface area contributed by atoms with Crippen LogP contribution in [0.3, 0.4) is 0 Å². The third kappa shape index (κ3) is 12.0. The Bertz CT molecular complexity index is 129. The molecule has 104 valence electrons. The molecule has 7 N–H and O–H groups in total. The molecule has 0 aliphatic rings. The highest BCUT2D eigenvalue weighted by Crippen LogP contribution is 2.04. The Kier molecular flexibility index (Phi) is 13.7. The zero-order chi connectivity index (χ0) is 13.7. The van der Waals surface area contributed by atoms with Crippen LogP contribution in [-0.4, -0.2) is 99.9 Å². The number of rotatable bonds is 8. The van der Waals surface area contributed by atoms with Crippen molar-refractivity contribution in [2.24, 2.45) is 0 Å². The van der Waals surface area contributed by atoms with Gasteiger partial charge in [0.2, 0.25) is 0 Å². The molecule has 0 spiro atoms. The van der Waals surface area contributed by atoms with Gasteiger partial charge < -0.3 is 40.0 Å². The largest absolute Gasteiger partial charge is 0.631 e. The molecule has 8 nitrogen and oxygen atoms in total. The van der Waals surface area contributed by atoms with E-state index in [9.17, 15) is 0 Å². The Morgan fingerprint density at radius 2 is 0.765 bits per heavy atom. The summed E-state index contributed by atoms with van der Waals surface area (Å²) in [7, 11) is -2.17. The number of hydrogen-bond acceptors (Lipinski definition) is 7. The molecule has 0 aliphatic carbocycles. The molecule has 0 saturated heterocycles. The van der Waals surface area contributed by atoms with Crippen molar-refractivity contribution in [3.63, 3.8) is 0 Å². The first-order valence-electron chi connectivity index (χ1n) is 5.30. The summed E-state index contributed by atoms with van der Waals surface area (Å²) in [6.07, 6.45) is 0. The third-order valence-corrected chi connectivity index (χ3v) is 2.30. The minimum absolute atomic E-state index is 0. The lowest BCUT2D eigenvalue weighted by Crippen LogP contribution is -2.54. The fourth-order valence-electron chi connectivity index (χ4n) is 1.52. The van der Waals surface area contributed by atoms with Gasteiger partial charge in [0.15, 0.2) is 0 Å². The molecule has 0 atom stereocenters. The van der Waals surface area contributed by atoms with Crippen LogP contribution in [0.15, 0.2) is 0 Å². The van der Waals surface area contributed by atoms with E-state index >= 15 is 0 Å². The molecular weight excluding hydrogens is 233 g/mol. The number of aliphatic hydroxyl groups is 4. The molecule has 0 aromatic carbocycles. The lowest BCUT2D eigenvalue weighted by molar-refractivity contribution is -0.929. The Labute approximate surface area is 101 Å². The van der Waals surface area contributed by atoms with Gasteiger partial charge in [-0.1, -0.05) is 0 Å². The maximum atomic E-state index is 8.82. The standard InChI is InChI=1S/C8H20NO4.BH3O3/c10-5-1-9(2-6-11,3-7-12)4-8-13;2-1(3)4/h10-13H,1-8H2;2-4H/q+1;. The number of aliphatic hydroxyl groups excluding tert-OH is 4. The smallest absolute Gasteiger partial charge is 0.402 e. The van der Waals surface area contributed by atoms with E-state index in [4.69, 9.17) is 35.5 Å². The summed E-state index contributed by atoms with van der Waals surface area (Å²) in [4.78, 5) is 0. The van der Waals surface area contributed by atoms with E-state index in [1.165, 1.54) is 0 Å². The summed E-state index contributed by atoms with van der Waals surface area (Å²) in [6, 6.07) is 0. The van der Waals surface area contributed by atoms with Crippen LogP contribution in [0.4, 0.5) is 0 Å². The molecule has 0 saturated carbocycles. The van der Waals surface area contributed by atoms with Crippen LogP contribution in [-0.2, 0) is 0 Å². The minimum atomic E-state index is -2.17. The first-order valence-corrected chi connectivity index (χ1v) is 5.30. The van der Waals surface area contributed by atoms with E-state index in [0.29, 0.717) is 30.7 Å². The van der Waals surface area contributed by atoms with Crippen molar-refractivity contribution in [3.05, 3.63) is 0 Å². The quantitative estimate of drug-likeness (QED) is 0.172. The van der Waals surface area contributed by atoms with Crippen LogP contribution >= 0.6 is 0 Å². The average molecular weight is 256 g/mol. The van der Waals surface area contributed by atoms with Gasteiger partial charge in [-0.2, -0.15) is 0 Å². The average Bonchev–Trinajstić information content (AvgIpc) is 2.18. The highest BCUT2D eigenvalue weighted by Gasteiger charge is 2.24. The van der Waals surface area contributed by atoms with Gasteiger partial charge in [-0.3, -0.25) is 0 Å². The molecule has 17 heavy (non-hydrogen) atoms. The Hall–Kier alpha value is -0.255. The molecule has 9 heteroatoms. The SMILES string of the molecule is OB(O)O.OCC[N+](CCO)(CCO)CCO. The topological polar surface area (TPSA) is 142 Å². The zero-order valence-electron chi connectivity index (χ0n) is 9.81. The van der Waals surface area contributed by atoms with Crippen molar-refractivity contribution in [3.8, 4) is 0 Å². The van der Waals surface area contributed by atoms with E-state index in [1.54, 1.807) is 0 Å². The van der Waals surface area contributed by atoms with Crippen molar-refractivity contribution >= 4 is 7.32 Å². The molecule has 0 amide bonds. The highest BCUT2D eigenvalue weighted by atomic mass is 16.5. The normalized spacial score (nSPS) is 10.8. The van der Waals surface area contributed by atoms with Gasteiger partial charge in [-0.05, 0) is 0 Å². The first kappa shape index (κ1) is 19.1. The maximum Gasteiger partial charge on any atom is 0.631 e. The first-order chi connectivity index (χ1) is 7.97. The fourth-order valence-corrected chi connectivity index (χ4v) is 1.52. The van der Waals surface area contributed by atoms with Crippen molar-refractivity contribution in [2.45, 2.75) is 0 Å². The summed E-state index contributed by atoms with van der Waals surface area (Å²) < 4.78 is 0.375. The van der Waals surface area contributed by atoms with E-state index in [0.717, 1.165) is 0 Å². The molecule has 0 bridgehead atoms. The van der Waals surface area contributed by atoms with E-state index in [-0.39, 0.29) is 26.4 Å². The molecule has 0 aromatic heterocycles. The summed E-state index contributed by atoms with van der Waals surface area (Å²) in [5.74, 6) is 0. The molecule has 0 radical (unpaired) electrons. The monoisotopic (exact) mass is 256 g/mol. The molecule has 0 unspecified atom stereocenters. The summed E-state index contributed by atoms with van der Waals surface area (Å²) in [5, 5.41) is 56.8. The molecule has 0 fully saturated rings. The van der Waals surface area contributed by atoms with Crippen LogP contribution in [0.25, 0.3) is 0 Å². The second-order valence-electron chi connectivity index (χ2n) is 3.48. The van der Waals surface area contributed by atoms with Crippen LogP contribution in [0.1, 0.15) is 0 Å². The van der Waals surface area contributed by atoms with Crippen molar-refractivity contribution in [1.29, 1.82) is 0 Å². The molecule has 0 aromatic rings. The lowest BCUT2D eigenvalue weighted by atomic mass is 10.3. The Morgan fingerprint density at radius 3 is 0.882 bits per heavy atom. The van der Waals surface area contributed by atoms with Gasteiger partial charge in [0.05, 0.1) is 26.4 Å². The van der Waals surface area contributed by atoms with E-state index < -0.39 is 7.32 Å². The van der Waals surface area contributed by atoms with Gasteiger partial charge in [0.1, 0.15) is 26.2 Å². The second-order valence-corrected chi connectivity index (χ2v) is 3.48. The Morgan fingerprint density at radius 1 is 0.588 bits per heavy atom. The summed E-state index contributed by atoms with van der Waals surface area (Å²) in [5.41, 5.74) is 0. The lowest BCUT2D eigenvalue weighted by Gasteiger charge is -2.36. The molecule has 0 heterocycles. The van der Waals surface area contributed by atoms with Crippen LogP contribution < -0.4 is 0 Å². The molecule has 0 aliphatic heterocycles. The zero-order valence-corrected chi connectivity index (χ0v) is 9.81. The Balaban J connectivity index is 0. The fraction of sp³-hybridized carbons (Fsp3) is 1.00. The molecular formula is C8H23BNO7+. The van der Waals surface area contributed by atoms with Gasteiger partial charge in [0.25, 0.3) is 0 Å². The summed E-state index contributed by atoms with van der Waals surface area (Å²) >= 11 is 0. The van der Waals surface area contributed by atoms with Gasteiger partial charge in [-0.15, -0.1) is 0 Å². The van der Waals surface area contributed by atoms with Gasteiger partial charge in [-0.25, -0.2) is 0 Å². The maximum absolute atomic E-state index is 8.82. The van der Waals surface area contributed by atoms with Crippen LogP contribution in [0.2, 0.25) is 0 Å². The third-order valence-electron chi connectivity index (χ3n) is 2.30. The van der Waals surface area contributed by atoms with Crippen molar-refractivity contribution in [2.75, 3.05) is 52.6 Å². The van der Waals surface area contributed by atoms with Gasteiger partial charge in [0, 0.05) is 0 Å². The molecule has 0 rings (SSSR count). The summed E-state index contributed by atoms with van der Waals surface area (Å²) in [6.45, 7) is 1.84. The number of nitrogens with zero attached hydrogens (tertiary/aromatic N) is 1. The predicted molar refractivity (Wildman–Crippen MR) is 60.5 cm³/mol. The van der Waals surface area contributed by atoms with Crippen LogP contribution in [0, 0.1) is 0 Å². The van der Waals surface area contributed by atoms with Crippen LogP contribution in [0.5, 0.6) is 0 Å².